The number of hydrogen-bond donors (Lipinski definition) is 3. The Morgan fingerprint density at radius 3 is 2.89 bits per heavy atom. The van der Waals surface area contributed by atoms with Crippen LogP contribution < -0.4 is 10.9 Å². The first-order chi connectivity index (χ1) is 12.8. The summed E-state index contributed by atoms with van der Waals surface area (Å²) in [6.07, 6.45) is 0.0823. The van der Waals surface area contributed by atoms with Crippen molar-refractivity contribution in [1.82, 2.24) is 19.5 Å². The van der Waals surface area contributed by atoms with E-state index in [1.54, 1.807) is 4.57 Å². The van der Waals surface area contributed by atoms with Crippen molar-refractivity contribution in [2.24, 2.45) is 5.92 Å². The first kappa shape index (κ1) is 17.6. The Labute approximate surface area is 152 Å². The van der Waals surface area contributed by atoms with Crippen molar-refractivity contribution in [1.29, 1.82) is 0 Å². The van der Waals surface area contributed by atoms with E-state index < -0.39 is 36.1 Å². The predicted octanol–water partition coefficient (Wildman–Crippen LogP) is -0.322. The smallest absolute Gasteiger partial charge is 0.302 e. The molecule has 11 heteroatoms. The molecule has 1 saturated heterocycles. The molecule has 0 spiro atoms. The lowest BCUT2D eigenvalue weighted by Crippen LogP contribution is -2.28. The molecule has 1 saturated carbocycles. The third-order valence-electron chi connectivity index (χ3n) is 4.90. The molecule has 3 N–H and O–H groups in total. The van der Waals surface area contributed by atoms with E-state index in [1.165, 1.54) is 20.2 Å². The van der Waals surface area contributed by atoms with Crippen molar-refractivity contribution in [2.45, 2.75) is 51.2 Å². The van der Waals surface area contributed by atoms with Crippen LogP contribution in [-0.2, 0) is 19.1 Å². The van der Waals surface area contributed by atoms with Gasteiger partial charge in [-0.15, -0.1) is 0 Å². The molecule has 1 amide bonds. The maximum atomic E-state index is 12.2. The molecule has 4 rings (SSSR count). The molecule has 11 nitrogen and oxygen atoms in total. The molecule has 3 heterocycles. The van der Waals surface area contributed by atoms with Crippen LogP contribution in [0.1, 0.15) is 32.9 Å². The molecule has 0 unspecified atom stereocenters. The van der Waals surface area contributed by atoms with Crippen molar-refractivity contribution >= 4 is 29.0 Å². The van der Waals surface area contributed by atoms with Gasteiger partial charge in [0.25, 0.3) is 5.56 Å². The normalized spacial score (nSPS) is 29.7. The highest BCUT2D eigenvalue weighted by Crippen LogP contribution is 2.45. The number of carbonyl (C=O) groups is 2. The summed E-state index contributed by atoms with van der Waals surface area (Å²) >= 11 is 0. The van der Waals surface area contributed by atoms with Gasteiger partial charge in [0.05, 0.1) is 12.4 Å². The van der Waals surface area contributed by atoms with Crippen molar-refractivity contribution in [3.05, 3.63) is 16.7 Å². The van der Waals surface area contributed by atoms with E-state index in [2.05, 4.69) is 20.3 Å². The number of carbonyl (C=O) groups excluding carboxylic acids is 2. The lowest BCUT2D eigenvalue weighted by atomic mass is 10.0. The zero-order chi connectivity index (χ0) is 19.3. The number of rotatable bonds is 3. The number of imidazole rings is 1. The number of anilines is 1. The van der Waals surface area contributed by atoms with Gasteiger partial charge in [0.15, 0.2) is 11.2 Å². The fraction of sp³-hybridized carbons (Fsp3) is 0.562. The van der Waals surface area contributed by atoms with Gasteiger partial charge in [0, 0.05) is 32.6 Å². The molecule has 1 aliphatic carbocycles. The molecule has 2 aromatic rings. The van der Waals surface area contributed by atoms with E-state index in [1.807, 2.05) is 0 Å². The van der Waals surface area contributed by atoms with E-state index in [0.717, 1.165) is 0 Å². The number of amides is 1. The summed E-state index contributed by atoms with van der Waals surface area (Å²) in [5, 5.41) is 12.7. The molecule has 0 bridgehead atoms. The number of esters is 1. The minimum absolute atomic E-state index is 0.0118. The highest BCUT2D eigenvalue weighted by molar-refractivity contribution is 5.87. The number of fused-ring (bicyclic) bond motifs is 2. The molecular formula is C16H19N5O6. The summed E-state index contributed by atoms with van der Waals surface area (Å²) < 4.78 is 12.9. The molecule has 0 radical (unpaired) electrons. The Kier molecular flexibility index (Phi) is 4.19. The number of aromatic nitrogens is 4. The summed E-state index contributed by atoms with van der Waals surface area (Å²) in [6.45, 7) is 2.62. The van der Waals surface area contributed by atoms with Gasteiger partial charge < -0.3 is 14.6 Å². The Bertz CT molecular complexity index is 968. The van der Waals surface area contributed by atoms with E-state index in [0.29, 0.717) is 12.8 Å². The molecule has 5 atom stereocenters. The van der Waals surface area contributed by atoms with E-state index >= 15 is 0 Å². The lowest BCUT2D eigenvalue weighted by molar-refractivity contribution is -0.154. The lowest BCUT2D eigenvalue weighted by Gasteiger charge is -2.20. The highest BCUT2D eigenvalue weighted by Gasteiger charge is 2.52. The van der Waals surface area contributed by atoms with Crippen LogP contribution in [-0.4, -0.2) is 54.8 Å². The fourth-order valence-corrected chi connectivity index (χ4v) is 3.86. The number of nitrogens with one attached hydrogen (secondary N) is 2. The average molecular weight is 377 g/mol. The van der Waals surface area contributed by atoms with Crippen molar-refractivity contribution < 1.29 is 24.2 Å². The van der Waals surface area contributed by atoms with Gasteiger partial charge in [0.1, 0.15) is 18.4 Å². The monoisotopic (exact) mass is 377 g/mol. The van der Waals surface area contributed by atoms with E-state index in [4.69, 9.17) is 9.47 Å². The third kappa shape index (κ3) is 3.08. The van der Waals surface area contributed by atoms with Crippen LogP contribution in [0.15, 0.2) is 11.1 Å². The zero-order valence-corrected chi connectivity index (χ0v) is 14.7. The number of ether oxygens (including phenoxy) is 2. The molecule has 1 aliphatic heterocycles. The largest absolute Gasteiger partial charge is 0.460 e. The van der Waals surface area contributed by atoms with Crippen LogP contribution in [0.5, 0.6) is 0 Å². The van der Waals surface area contributed by atoms with Gasteiger partial charge in [-0.25, -0.2) is 4.98 Å². The quantitative estimate of drug-likeness (QED) is 0.616. The summed E-state index contributed by atoms with van der Waals surface area (Å²) in [5.74, 6) is -0.991. The molecule has 0 aromatic carbocycles. The topological polar surface area (TPSA) is 148 Å². The summed E-state index contributed by atoms with van der Waals surface area (Å²) in [5.41, 5.74) is -0.119. The van der Waals surface area contributed by atoms with Gasteiger partial charge >= 0.3 is 5.97 Å². The van der Waals surface area contributed by atoms with Gasteiger partial charge in [-0.3, -0.25) is 29.3 Å². The fourth-order valence-electron chi connectivity index (χ4n) is 3.86. The van der Waals surface area contributed by atoms with Gasteiger partial charge in [-0.05, 0) is 0 Å². The van der Waals surface area contributed by atoms with Crippen molar-refractivity contribution in [3.8, 4) is 0 Å². The van der Waals surface area contributed by atoms with E-state index in [-0.39, 0.29) is 28.9 Å². The Morgan fingerprint density at radius 2 is 2.19 bits per heavy atom. The Balaban J connectivity index is 1.65. The molecule has 2 fully saturated rings. The standard InChI is InChI=1S/C16H19N5O6/c1-6(22)18-16-19-14-12(15(25)20-16)17-5-21(14)11-3-8-9(24)4-10(13(8)27-11)26-7(2)23/h5,8-11,13,24H,3-4H2,1-2H3,(H2,18,19,20,22,25)/t8-,9+,10+,11-,13-/m0/s1. The van der Waals surface area contributed by atoms with Crippen LogP contribution in [0.25, 0.3) is 11.2 Å². The van der Waals surface area contributed by atoms with Crippen LogP contribution in [0.4, 0.5) is 5.95 Å². The molecule has 27 heavy (non-hydrogen) atoms. The minimum Gasteiger partial charge on any atom is -0.460 e. The van der Waals surface area contributed by atoms with E-state index in [9.17, 15) is 19.5 Å². The first-order valence-corrected chi connectivity index (χ1v) is 8.58. The number of aromatic amines is 1. The highest BCUT2D eigenvalue weighted by atomic mass is 16.6. The second kappa shape index (κ2) is 6.43. The number of aliphatic hydroxyl groups is 1. The second-order valence-electron chi connectivity index (χ2n) is 6.83. The van der Waals surface area contributed by atoms with Crippen molar-refractivity contribution in [2.75, 3.05) is 5.32 Å². The number of hydrogen-bond acceptors (Lipinski definition) is 8. The molecule has 144 valence electrons. The van der Waals surface area contributed by atoms with Gasteiger partial charge in [0.2, 0.25) is 11.9 Å². The molecule has 2 aromatic heterocycles. The molecular weight excluding hydrogens is 358 g/mol. The Morgan fingerprint density at radius 1 is 1.41 bits per heavy atom. The minimum atomic E-state index is -0.648. The summed E-state index contributed by atoms with van der Waals surface area (Å²) in [4.78, 5) is 45.5. The third-order valence-corrected chi connectivity index (χ3v) is 4.90. The SMILES string of the molecule is CC(=O)Nc1nc2c(ncn2[C@@H]2C[C@@H]3[C@H](O2)[C@H](OC(C)=O)C[C@H]3O)c(=O)[nH]1. The number of nitrogens with zero attached hydrogens (tertiary/aromatic N) is 3. The number of H-pyrrole nitrogens is 1. The second-order valence-corrected chi connectivity index (χ2v) is 6.83. The maximum absolute atomic E-state index is 12.2. The van der Waals surface area contributed by atoms with Gasteiger partial charge in [-0.2, -0.15) is 4.98 Å². The zero-order valence-electron chi connectivity index (χ0n) is 14.7. The Hall–Kier alpha value is -2.79. The van der Waals surface area contributed by atoms with Crippen LogP contribution in [0.2, 0.25) is 0 Å². The summed E-state index contributed by atoms with van der Waals surface area (Å²) in [7, 11) is 0. The van der Waals surface area contributed by atoms with Crippen LogP contribution >= 0.6 is 0 Å². The first-order valence-electron chi connectivity index (χ1n) is 8.58. The number of aliphatic hydroxyl groups excluding tert-OH is 1. The van der Waals surface area contributed by atoms with Crippen LogP contribution in [0.3, 0.4) is 0 Å². The predicted molar refractivity (Wildman–Crippen MR) is 90.6 cm³/mol. The molecule has 2 aliphatic rings. The summed E-state index contributed by atoms with van der Waals surface area (Å²) in [6, 6.07) is 0. The van der Waals surface area contributed by atoms with Crippen molar-refractivity contribution in [3.63, 3.8) is 0 Å². The average Bonchev–Trinajstić information content (AvgIpc) is 3.22. The maximum Gasteiger partial charge on any atom is 0.302 e. The van der Waals surface area contributed by atoms with Crippen LogP contribution in [0, 0.1) is 5.92 Å². The van der Waals surface area contributed by atoms with Gasteiger partial charge in [-0.1, -0.05) is 0 Å².